The van der Waals surface area contributed by atoms with Crippen LogP contribution in [0, 0.1) is 0 Å². The Kier molecular flexibility index (Phi) is 5.14. The van der Waals surface area contributed by atoms with E-state index in [-0.39, 0.29) is 0 Å². The molecule has 1 N–H and O–H groups in total. The number of hydrogen-bond acceptors (Lipinski definition) is 1. The zero-order valence-corrected chi connectivity index (χ0v) is 11.8. The Morgan fingerprint density at radius 1 is 0.950 bits per heavy atom. The maximum absolute atomic E-state index is 10.9. The van der Waals surface area contributed by atoms with Gasteiger partial charge in [-0.25, -0.2) is 0 Å². The standard InChI is InChI=1S/C19H22O/c1-2-15-19(20,18-13-7-4-8-14-18)16-9-12-17-10-5-3-6-11-17/h2-8,10-11,13-14,20H,1,9,12,15-16H2/t19-/m1/s1. The molecule has 1 heteroatoms. The SMILES string of the molecule is C=CC[C@@](O)(CCCc1ccccc1)c1ccccc1. The van der Waals surface area contributed by atoms with Crippen LogP contribution in [0.15, 0.2) is 73.3 Å². The van der Waals surface area contributed by atoms with E-state index in [1.165, 1.54) is 5.56 Å². The zero-order valence-electron chi connectivity index (χ0n) is 11.8. The molecule has 0 aliphatic carbocycles. The zero-order chi connectivity index (χ0) is 14.3. The van der Waals surface area contributed by atoms with Gasteiger partial charge in [-0.15, -0.1) is 6.58 Å². The summed E-state index contributed by atoms with van der Waals surface area (Å²) in [6.45, 7) is 3.78. The molecule has 20 heavy (non-hydrogen) atoms. The minimum atomic E-state index is -0.794. The quantitative estimate of drug-likeness (QED) is 0.733. The Balaban J connectivity index is 2.01. The van der Waals surface area contributed by atoms with Gasteiger partial charge in [-0.2, -0.15) is 0 Å². The Morgan fingerprint density at radius 2 is 1.55 bits per heavy atom. The summed E-state index contributed by atoms with van der Waals surface area (Å²) in [5.74, 6) is 0. The average molecular weight is 266 g/mol. The summed E-state index contributed by atoms with van der Waals surface area (Å²) in [5.41, 5.74) is 1.51. The molecule has 1 nitrogen and oxygen atoms in total. The van der Waals surface area contributed by atoms with E-state index in [1.54, 1.807) is 6.08 Å². The summed E-state index contributed by atoms with van der Waals surface area (Å²) in [6.07, 6.45) is 5.09. The van der Waals surface area contributed by atoms with Gasteiger partial charge in [0.1, 0.15) is 0 Å². The van der Waals surface area contributed by atoms with Crippen molar-refractivity contribution in [2.24, 2.45) is 0 Å². The summed E-state index contributed by atoms with van der Waals surface area (Å²) in [4.78, 5) is 0. The van der Waals surface area contributed by atoms with Gasteiger partial charge in [0.2, 0.25) is 0 Å². The molecular weight excluding hydrogens is 244 g/mol. The Bertz CT molecular complexity index is 518. The molecule has 0 amide bonds. The first-order chi connectivity index (χ1) is 9.74. The van der Waals surface area contributed by atoms with E-state index in [2.05, 4.69) is 30.8 Å². The fourth-order valence-electron chi connectivity index (χ4n) is 2.58. The highest BCUT2D eigenvalue weighted by Gasteiger charge is 2.26. The van der Waals surface area contributed by atoms with Crippen molar-refractivity contribution in [3.63, 3.8) is 0 Å². The highest BCUT2D eigenvalue weighted by Crippen LogP contribution is 2.31. The van der Waals surface area contributed by atoms with Crippen molar-refractivity contribution < 1.29 is 5.11 Å². The van der Waals surface area contributed by atoms with Crippen LogP contribution in [0.3, 0.4) is 0 Å². The normalized spacial score (nSPS) is 13.7. The van der Waals surface area contributed by atoms with E-state index in [4.69, 9.17) is 0 Å². The fourth-order valence-corrected chi connectivity index (χ4v) is 2.58. The van der Waals surface area contributed by atoms with E-state index in [9.17, 15) is 5.11 Å². The highest BCUT2D eigenvalue weighted by atomic mass is 16.3. The van der Waals surface area contributed by atoms with Crippen LogP contribution >= 0.6 is 0 Å². The first kappa shape index (κ1) is 14.5. The van der Waals surface area contributed by atoms with Gasteiger partial charge in [-0.3, -0.25) is 0 Å². The van der Waals surface area contributed by atoms with E-state index in [1.807, 2.05) is 36.4 Å². The van der Waals surface area contributed by atoms with Crippen molar-refractivity contribution >= 4 is 0 Å². The summed E-state index contributed by atoms with van der Waals surface area (Å²) < 4.78 is 0. The Labute approximate surface area is 121 Å². The fraction of sp³-hybridized carbons (Fsp3) is 0.263. The summed E-state index contributed by atoms with van der Waals surface area (Å²) in [5, 5.41) is 10.9. The Morgan fingerprint density at radius 3 is 2.15 bits per heavy atom. The lowest BCUT2D eigenvalue weighted by Gasteiger charge is -2.27. The highest BCUT2D eigenvalue weighted by molar-refractivity contribution is 5.23. The lowest BCUT2D eigenvalue weighted by Crippen LogP contribution is -2.25. The van der Waals surface area contributed by atoms with Crippen LogP contribution in [-0.4, -0.2) is 5.11 Å². The predicted octanol–water partition coefficient (Wildman–Crippen LogP) is 4.47. The number of aryl methyl sites for hydroxylation is 1. The summed E-state index contributed by atoms with van der Waals surface area (Å²) in [7, 11) is 0. The maximum Gasteiger partial charge on any atom is 0.0930 e. The van der Waals surface area contributed by atoms with Crippen LogP contribution in [0.1, 0.15) is 30.4 Å². The van der Waals surface area contributed by atoms with E-state index in [0.29, 0.717) is 6.42 Å². The van der Waals surface area contributed by atoms with Crippen molar-refractivity contribution in [3.05, 3.63) is 84.4 Å². The monoisotopic (exact) mass is 266 g/mol. The molecule has 0 fully saturated rings. The van der Waals surface area contributed by atoms with Crippen molar-refractivity contribution in [1.29, 1.82) is 0 Å². The number of rotatable bonds is 7. The molecule has 0 aliphatic rings. The van der Waals surface area contributed by atoms with Gasteiger partial charge in [0.25, 0.3) is 0 Å². The molecule has 1 atom stereocenters. The second-order valence-corrected chi connectivity index (χ2v) is 5.23. The maximum atomic E-state index is 10.9. The topological polar surface area (TPSA) is 20.2 Å². The first-order valence-corrected chi connectivity index (χ1v) is 7.17. The third-order valence-corrected chi connectivity index (χ3v) is 3.69. The molecule has 2 rings (SSSR count). The second kappa shape index (κ2) is 7.06. The molecule has 0 aliphatic heterocycles. The molecule has 2 aromatic rings. The van der Waals surface area contributed by atoms with E-state index < -0.39 is 5.60 Å². The van der Waals surface area contributed by atoms with Gasteiger partial charge in [-0.1, -0.05) is 66.7 Å². The molecule has 0 saturated heterocycles. The van der Waals surface area contributed by atoms with Crippen molar-refractivity contribution in [3.8, 4) is 0 Å². The molecule has 0 radical (unpaired) electrons. The second-order valence-electron chi connectivity index (χ2n) is 5.23. The van der Waals surface area contributed by atoms with Crippen molar-refractivity contribution in [2.45, 2.75) is 31.3 Å². The van der Waals surface area contributed by atoms with E-state index >= 15 is 0 Å². The molecular formula is C19H22O. The summed E-state index contributed by atoms with van der Waals surface area (Å²) in [6, 6.07) is 20.3. The van der Waals surface area contributed by atoms with Gasteiger partial charge < -0.3 is 5.11 Å². The van der Waals surface area contributed by atoms with Gasteiger partial charge in [0, 0.05) is 0 Å². The molecule has 0 saturated carbocycles. The molecule has 0 heterocycles. The summed E-state index contributed by atoms with van der Waals surface area (Å²) >= 11 is 0. The van der Waals surface area contributed by atoms with E-state index in [0.717, 1.165) is 24.8 Å². The number of hydrogen-bond donors (Lipinski definition) is 1. The smallest absolute Gasteiger partial charge is 0.0930 e. The number of aliphatic hydroxyl groups is 1. The number of benzene rings is 2. The molecule has 2 aromatic carbocycles. The van der Waals surface area contributed by atoms with Gasteiger partial charge in [0.15, 0.2) is 0 Å². The molecule has 0 bridgehead atoms. The van der Waals surface area contributed by atoms with Crippen LogP contribution in [-0.2, 0) is 12.0 Å². The van der Waals surface area contributed by atoms with Gasteiger partial charge in [0.05, 0.1) is 5.60 Å². The lowest BCUT2D eigenvalue weighted by atomic mass is 9.85. The van der Waals surface area contributed by atoms with Crippen LogP contribution in [0.25, 0.3) is 0 Å². The molecule has 0 aromatic heterocycles. The molecule has 104 valence electrons. The third-order valence-electron chi connectivity index (χ3n) is 3.69. The average Bonchev–Trinajstić information content (AvgIpc) is 2.49. The molecule has 0 unspecified atom stereocenters. The van der Waals surface area contributed by atoms with Crippen LogP contribution in [0.2, 0.25) is 0 Å². The minimum absolute atomic E-state index is 0.589. The third kappa shape index (κ3) is 3.82. The largest absolute Gasteiger partial charge is 0.385 e. The first-order valence-electron chi connectivity index (χ1n) is 7.17. The van der Waals surface area contributed by atoms with Crippen LogP contribution in [0.4, 0.5) is 0 Å². The van der Waals surface area contributed by atoms with Crippen LogP contribution in [0.5, 0.6) is 0 Å². The van der Waals surface area contributed by atoms with Gasteiger partial charge >= 0.3 is 0 Å². The van der Waals surface area contributed by atoms with Crippen LogP contribution < -0.4 is 0 Å². The van der Waals surface area contributed by atoms with Gasteiger partial charge in [-0.05, 0) is 36.8 Å². The predicted molar refractivity (Wildman–Crippen MR) is 84.5 cm³/mol. The lowest BCUT2D eigenvalue weighted by molar-refractivity contribution is 0.0285. The van der Waals surface area contributed by atoms with Crippen molar-refractivity contribution in [2.75, 3.05) is 0 Å². The Hall–Kier alpha value is -1.86. The minimum Gasteiger partial charge on any atom is -0.385 e. The van der Waals surface area contributed by atoms with Crippen molar-refractivity contribution in [1.82, 2.24) is 0 Å². The molecule has 0 spiro atoms.